The number of carboxylic acids is 2. The van der Waals surface area contributed by atoms with Crippen LogP contribution in [0.15, 0.2) is 48.5 Å². The zero-order valence-electron chi connectivity index (χ0n) is 20.1. The number of amides is 2. The van der Waals surface area contributed by atoms with Crippen molar-refractivity contribution in [3.8, 4) is 0 Å². The second-order valence-corrected chi connectivity index (χ2v) is 8.84. The molecule has 0 radical (unpaired) electrons. The number of nitrogens with one attached hydrogen (secondary N) is 2. The highest BCUT2D eigenvalue weighted by Gasteiger charge is 2.25. The number of nitrogens with two attached hydrogens (primary N) is 2. The molecule has 0 spiro atoms. The molecule has 10 heteroatoms. The average Bonchev–Trinajstić information content (AvgIpc) is 2.91. The van der Waals surface area contributed by atoms with Crippen molar-refractivity contribution in [3.05, 3.63) is 70.8 Å². The van der Waals surface area contributed by atoms with E-state index in [1.54, 1.807) is 36.4 Å². The van der Waals surface area contributed by atoms with Crippen LogP contribution in [0, 0.1) is 0 Å². The fraction of sp³-hybridized carbons (Fsp3) is 0.143. The quantitative estimate of drug-likeness (QED) is 0.135. The van der Waals surface area contributed by atoms with Gasteiger partial charge >= 0.3 is 11.9 Å². The number of hydrogen-bond donors (Lipinski definition) is 6. The van der Waals surface area contributed by atoms with Gasteiger partial charge in [0.05, 0.1) is 11.1 Å². The molecule has 5 aromatic rings. The summed E-state index contributed by atoms with van der Waals surface area (Å²) in [6.07, 6.45) is 0. The second kappa shape index (κ2) is 9.58. The number of rotatable bonds is 8. The van der Waals surface area contributed by atoms with Crippen LogP contribution in [0.5, 0.6) is 0 Å². The van der Waals surface area contributed by atoms with E-state index in [1.165, 1.54) is 12.1 Å². The summed E-state index contributed by atoms with van der Waals surface area (Å²) < 4.78 is 0. The van der Waals surface area contributed by atoms with E-state index in [1.807, 2.05) is 0 Å². The van der Waals surface area contributed by atoms with E-state index in [-0.39, 0.29) is 59.2 Å². The molecule has 0 heterocycles. The van der Waals surface area contributed by atoms with Crippen LogP contribution in [0.25, 0.3) is 43.1 Å². The molecule has 2 amide bonds. The van der Waals surface area contributed by atoms with Crippen LogP contribution in [0.3, 0.4) is 0 Å². The largest absolute Gasteiger partial charge is 0.478 e. The lowest BCUT2D eigenvalue weighted by Gasteiger charge is -2.19. The zero-order chi connectivity index (χ0) is 27.1. The highest BCUT2D eigenvalue weighted by molar-refractivity contribution is 6.38. The van der Waals surface area contributed by atoms with Gasteiger partial charge in [-0.2, -0.15) is 0 Å². The molecule has 0 saturated heterocycles. The van der Waals surface area contributed by atoms with E-state index in [2.05, 4.69) is 10.6 Å². The Morgan fingerprint density at radius 3 is 1.13 bits per heavy atom. The summed E-state index contributed by atoms with van der Waals surface area (Å²) in [4.78, 5) is 50.5. The van der Waals surface area contributed by atoms with Crippen molar-refractivity contribution in [1.82, 2.24) is 10.6 Å². The van der Waals surface area contributed by atoms with Crippen LogP contribution in [-0.4, -0.2) is 60.1 Å². The molecule has 5 aromatic carbocycles. The van der Waals surface area contributed by atoms with Crippen LogP contribution in [0.1, 0.15) is 41.4 Å². The van der Waals surface area contributed by atoms with Crippen molar-refractivity contribution in [2.45, 2.75) is 0 Å². The first-order chi connectivity index (χ1) is 18.3. The molecule has 0 fully saturated rings. The van der Waals surface area contributed by atoms with E-state index in [0.717, 1.165) is 0 Å². The number of benzene rings is 5. The third-order valence-corrected chi connectivity index (χ3v) is 6.71. The predicted molar refractivity (Wildman–Crippen MR) is 144 cm³/mol. The highest BCUT2D eigenvalue weighted by Crippen LogP contribution is 2.44. The van der Waals surface area contributed by atoms with Crippen LogP contribution in [0.2, 0.25) is 0 Å². The molecular formula is C28H24N4O6. The summed E-state index contributed by atoms with van der Waals surface area (Å²) in [6.45, 7) is 0.890. The fourth-order valence-corrected chi connectivity index (χ4v) is 5.19. The summed E-state index contributed by atoms with van der Waals surface area (Å²) in [5, 5.41) is 29.5. The number of carbonyl (C=O) groups excluding carboxylic acids is 2. The lowest BCUT2D eigenvalue weighted by molar-refractivity contribution is 0.0688. The highest BCUT2D eigenvalue weighted by atomic mass is 16.4. The van der Waals surface area contributed by atoms with E-state index >= 15 is 0 Å². The Labute approximate surface area is 215 Å². The first kappa shape index (κ1) is 24.9. The van der Waals surface area contributed by atoms with Gasteiger partial charge in [-0.1, -0.05) is 24.3 Å². The Bertz CT molecular complexity index is 1640. The number of carboxylic acid groups (broad SMARTS) is 2. The Hall–Kier alpha value is -4.80. The van der Waals surface area contributed by atoms with Gasteiger partial charge in [-0.15, -0.1) is 0 Å². The molecule has 0 atom stereocenters. The van der Waals surface area contributed by atoms with Gasteiger partial charge in [0.1, 0.15) is 0 Å². The molecule has 5 rings (SSSR count). The van der Waals surface area contributed by atoms with Crippen LogP contribution in [0.4, 0.5) is 0 Å². The number of carbonyl (C=O) groups is 4. The fourth-order valence-electron chi connectivity index (χ4n) is 5.19. The first-order valence-electron chi connectivity index (χ1n) is 11.9. The van der Waals surface area contributed by atoms with E-state index in [0.29, 0.717) is 32.3 Å². The Balaban J connectivity index is 1.97. The minimum atomic E-state index is -1.19. The van der Waals surface area contributed by atoms with Crippen LogP contribution in [-0.2, 0) is 0 Å². The maximum atomic E-state index is 13.0. The molecule has 0 aliphatic rings. The van der Waals surface area contributed by atoms with Crippen molar-refractivity contribution in [2.24, 2.45) is 11.5 Å². The SMILES string of the molecule is NCCNC(=O)c1ccc2c3ccc(C(=O)O)c4c(C(=O)NCCN)ccc(c5ccc(C(=O)O)c1c52)c43. The Kier molecular flexibility index (Phi) is 6.27. The molecule has 192 valence electrons. The van der Waals surface area contributed by atoms with Gasteiger partial charge in [-0.05, 0) is 56.6 Å². The summed E-state index contributed by atoms with van der Waals surface area (Å²) in [7, 11) is 0. The van der Waals surface area contributed by atoms with E-state index in [4.69, 9.17) is 11.5 Å². The molecule has 0 aliphatic carbocycles. The Morgan fingerprint density at radius 2 is 0.842 bits per heavy atom. The minimum Gasteiger partial charge on any atom is -0.478 e. The van der Waals surface area contributed by atoms with Crippen LogP contribution >= 0.6 is 0 Å². The van der Waals surface area contributed by atoms with E-state index < -0.39 is 23.8 Å². The number of aromatic carboxylic acids is 2. The number of fused-ring (bicyclic) bond motifs is 2. The monoisotopic (exact) mass is 512 g/mol. The lowest BCUT2D eigenvalue weighted by Crippen LogP contribution is -2.29. The summed E-state index contributed by atoms with van der Waals surface area (Å²) in [6, 6.07) is 12.7. The van der Waals surface area contributed by atoms with Gasteiger partial charge in [0.15, 0.2) is 0 Å². The van der Waals surface area contributed by atoms with Crippen molar-refractivity contribution in [2.75, 3.05) is 26.2 Å². The molecule has 0 aromatic heterocycles. The molecule has 0 aliphatic heterocycles. The third kappa shape index (κ3) is 3.74. The summed E-state index contributed by atoms with van der Waals surface area (Å²) >= 11 is 0. The minimum absolute atomic E-state index is 0.0388. The lowest BCUT2D eigenvalue weighted by atomic mass is 9.84. The zero-order valence-corrected chi connectivity index (χ0v) is 20.1. The Morgan fingerprint density at radius 1 is 0.526 bits per heavy atom. The molecule has 10 nitrogen and oxygen atoms in total. The van der Waals surface area contributed by atoms with Gasteiger partial charge in [-0.3, -0.25) is 9.59 Å². The number of hydrogen-bond acceptors (Lipinski definition) is 6. The van der Waals surface area contributed by atoms with Gasteiger partial charge in [-0.25, -0.2) is 9.59 Å². The summed E-state index contributed by atoms with van der Waals surface area (Å²) in [5.41, 5.74) is 11.4. The van der Waals surface area contributed by atoms with Gasteiger partial charge in [0.2, 0.25) is 0 Å². The molecule has 0 bridgehead atoms. The summed E-state index contributed by atoms with van der Waals surface area (Å²) in [5.74, 6) is -3.28. The second-order valence-electron chi connectivity index (χ2n) is 8.84. The molecule has 8 N–H and O–H groups in total. The first-order valence-corrected chi connectivity index (χ1v) is 11.9. The molecule has 38 heavy (non-hydrogen) atoms. The van der Waals surface area contributed by atoms with Crippen molar-refractivity contribution >= 4 is 66.8 Å². The van der Waals surface area contributed by atoms with Gasteiger partial charge < -0.3 is 32.3 Å². The topological polar surface area (TPSA) is 185 Å². The molecule has 0 saturated carbocycles. The van der Waals surface area contributed by atoms with Gasteiger partial charge in [0.25, 0.3) is 11.8 Å². The third-order valence-electron chi connectivity index (χ3n) is 6.71. The normalized spacial score (nSPS) is 11.4. The molecule has 0 unspecified atom stereocenters. The van der Waals surface area contributed by atoms with E-state index in [9.17, 15) is 29.4 Å². The average molecular weight is 513 g/mol. The maximum absolute atomic E-state index is 13.0. The maximum Gasteiger partial charge on any atom is 0.336 e. The van der Waals surface area contributed by atoms with Gasteiger partial charge in [0, 0.05) is 48.1 Å². The van der Waals surface area contributed by atoms with Crippen molar-refractivity contribution < 1.29 is 29.4 Å². The predicted octanol–water partition coefficient (Wildman–Crippen LogP) is 2.51. The smallest absolute Gasteiger partial charge is 0.336 e. The van der Waals surface area contributed by atoms with Crippen molar-refractivity contribution in [3.63, 3.8) is 0 Å². The van der Waals surface area contributed by atoms with Crippen LogP contribution < -0.4 is 22.1 Å². The van der Waals surface area contributed by atoms with Crippen molar-refractivity contribution in [1.29, 1.82) is 0 Å². The standard InChI is InChI=1S/C28H24N4O6/c29-9-11-31-25(33)17-5-1-13-15-3-7-20(28(37)38)24-18(26(34)32-12-10-30)6-2-14(22(15)24)16-4-8-19(27(35)36)23(17)21(13)16/h1-8H,9-12,29-30H2,(H,31,33)(H,32,34)(H,35,36)(H,37,38). The molecular weight excluding hydrogens is 488 g/mol.